The van der Waals surface area contributed by atoms with Crippen molar-refractivity contribution in [2.45, 2.75) is 44.1 Å². The summed E-state index contributed by atoms with van der Waals surface area (Å²) >= 11 is 0. The van der Waals surface area contributed by atoms with E-state index >= 15 is 0 Å². The van der Waals surface area contributed by atoms with E-state index in [1.54, 1.807) is 41.4 Å². The van der Waals surface area contributed by atoms with Crippen molar-refractivity contribution in [2.75, 3.05) is 6.54 Å². The predicted octanol–water partition coefficient (Wildman–Crippen LogP) is 7.20. The molecule has 0 bridgehead atoms. The van der Waals surface area contributed by atoms with Crippen LogP contribution in [0.1, 0.15) is 34.3 Å². The maximum Gasteiger partial charge on any atom is 0.471 e. The van der Waals surface area contributed by atoms with Gasteiger partial charge < -0.3 is 9.80 Å². The zero-order valence-electron chi connectivity index (χ0n) is 23.4. The smallest absolute Gasteiger partial charge is 0.335 e. The number of amides is 2. The normalized spacial score (nSPS) is 17.2. The Morgan fingerprint density at radius 3 is 2.37 bits per heavy atom. The molecule has 218 valence electrons. The number of fused-ring (bicyclic) bond motifs is 2. The van der Waals surface area contributed by atoms with Crippen molar-refractivity contribution in [3.63, 3.8) is 0 Å². The number of pyridine rings is 1. The standard InChI is InChI=1S/C35H30F3N3O2/c36-35(37,38)34(43)41(23-28-16-18-39-32-13-7-6-12-31(28)32)29-17-19-40(30(22-29)20-24-8-2-1-3-9-24)33(42)27-15-14-25-10-4-5-11-26(25)21-27/h1-16,18,21,29-30H,17,19-20,22-23H2. The summed E-state index contributed by atoms with van der Waals surface area (Å²) in [5, 5.41) is 2.66. The molecule has 1 saturated heterocycles. The van der Waals surface area contributed by atoms with Gasteiger partial charge in [0.25, 0.3) is 5.91 Å². The van der Waals surface area contributed by atoms with Crippen LogP contribution in [0.3, 0.4) is 0 Å². The molecule has 2 amide bonds. The highest BCUT2D eigenvalue weighted by molar-refractivity contribution is 5.99. The van der Waals surface area contributed by atoms with E-state index in [0.717, 1.165) is 21.2 Å². The van der Waals surface area contributed by atoms with E-state index in [1.807, 2.05) is 72.8 Å². The van der Waals surface area contributed by atoms with Crippen LogP contribution >= 0.6 is 0 Å². The molecule has 0 spiro atoms. The number of para-hydroxylation sites is 1. The van der Waals surface area contributed by atoms with Gasteiger partial charge in [0.05, 0.1) is 5.52 Å². The van der Waals surface area contributed by atoms with E-state index in [-0.39, 0.29) is 31.8 Å². The molecule has 5 aromatic rings. The first kappa shape index (κ1) is 28.4. The molecule has 4 aromatic carbocycles. The lowest BCUT2D eigenvalue weighted by atomic mass is 9.90. The second kappa shape index (κ2) is 11.9. The maximum absolute atomic E-state index is 14.0. The Morgan fingerprint density at radius 2 is 1.58 bits per heavy atom. The van der Waals surface area contributed by atoms with Crippen molar-refractivity contribution < 1.29 is 22.8 Å². The van der Waals surface area contributed by atoms with Crippen molar-refractivity contribution in [1.82, 2.24) is 14.8 Å². The van der Waals surface area contributed by atoms with Crippen molar-refractivity contribution in [2.24, 2.45) is 0 Å². The Bertz CT molecular complexity index is 1770. The number of piperidine rings is 1. The first-order valence-electron chi connectivity index (χ1n) is 14.3. The number of nitrogens with zero attached hydrogens (tertiary/aromatic N) is 3. The maximum atomic E-state index is 14.0. The molecule has 2 atom stereocenters. The van der Waals surface area contributed by atoms with Gasteiger partial charge in [-0.3, -0.25) is 14.6 Å². The molecule has 1 fully saturated rings. The molecule has 0 radical (unpaired) electrons. The van der Waals surface area contributed by atoms with Gasteiger partial charge in [0.2, 0.25) is 0 Å². The SMILES string of the molecule is O=C(c1ccc2ccccc2c1)N1CCC(N(Cc2ccnc3ccccc23)C(=O)C(F)(F)F)CC1Cc1ccccc1. The lowest BCUT2D eigenvalue weighted by molar-refractivity contribution is -0.189. The zero-order valence-corrected chi connectivity index (χ0v) is 23.4. The van der Waals surface area contributed by atoms with Gasteiger partial charge in [0.15, 0.2) is 0 Å². The second-order valence-electron chi connectivity index (χ2n) is 11.0. The Balaban J connectivity index is 1.33. The van der Waals surface area contributed by atoms with E-state index in [4.69, 9.17) is 0 Å². The summed E-state index contributed by atoms with van der Waals surface area (Å²) < 4.78 is 42.0. The molecule has 1 aliphatic heterocycles. The molecule has 1 aliphatic rings. The van der Waals surface area contributed by atoms with E-state index in [1.165, 1.54) is 0 Å². The summed E-state index contributed by atoms with van der Waals surface area (Å²) in [7, 11) is 0. The summed E-state index contributed by atoms with van der Waals surface area (Å²) in [5.74, 6) is -2.04. The van der Waals surface area contributed by atoms with Crippen LogP contribution < -0.4 is 0 Å². The van der Waals surface area contributed by atoms with Crippen LogP contribution in [-0.4, -0.2) is 51.4 Å². The Labute approximate surface area is 247 Å². The quantitative estimate of drug-likeness (QED) is 0.213. The molecular weight excluding hydrogens is 551 g/mol. The van der Waals surface area contributed by atoms with Crippen LogP contribution in [-0.2, 0) is 17.8 Å². The molecule has 0 saturated carbocycles. The third-order valence-electron chi connectivity index (χ3n) is 8.28. The van der Waals surface area contributed by atoms with Crippen LogP contribution in [0.4, 0.5) is 13.2 Å². The van der Waals surface area contributed by atoms with E-state index in [0.29, 0.717) is 28.5 Å². The molecule has 8 heteroatoms. The summed E-state index contributed by atoms with van der Waals surface area (Å²) in [6.07, 6.45) is -2.57. The molecule has 5 nitrogen and oxygen atoms in total. The Hall–Kier alpha value is -4.72. The average molecular weight is 582 g/mol. The lowest BCUT2D eigenvalue weighted by Gasteiger charge is -2.44. The summed E-state index contributed by atoms with van der Waals surface area (Å²) in [4.78, 5) is 33.9. The number of halogens is 3. The third-order valence-corrected chi connectivity index (χ3v) is 8.28. The average Bonchev–Trinajstić information content (AvgIpc) is 3.03. The Kier molecular flexibility index (Phi) is 7.84. The van der Waals surface area contributed by atoms with Crippen molar-refractivity contribution in [1.29, 1.82) is 0 Å². The fourth-order valence-electron chi connectivity index (χ4n) is 6.15. The largest absolute Gasteiger partial charge is 0.471 e. The highest BCUT2D eigenvalue weighted by Gasteiger charge is 2.46. The van der Waals surface area contributed by atoms with E-state index < -0.39 is 24.2 Å². The van der Waals surface area contributed by atoms with Gasteiger partial charge in [-0.25, -0.2) is 0 Å². The third kappa shape index (κ3) is 6.09. The van der Waals surface area contributed by atoms with Gasteiger partial charge in [0.1, 0.15) is 0 Å². The van der Waals surface area contributed by atoms with Crippen molar-refractivity contribution in [3.8, 4) is 0 Å². The number of likely N-dealkylation sites (tertiary alicyclic amines) is 1. The minimum absolute atomic E-state index is 0.168. The van der Waals surface area contributed by atoms with Crippen molar-refractivity contribution in [3.05, 3.63) is 126 Å². The number of hydrogen-bond donors (Lipinski definition) is 0. The number of alkyl halides is 3. The fraction of sp³-hybridized carbons (Fsp3) is 0.229. The van der Waals surface area contributed by atoms with Gasteiger partial charge in [-0.15, -0.1) is 0 Å². The summed E-state index contributed by atoms with van der Waals surface area (Å²) in [6.45, 7) is 0.0231. The number of hydrogen-bond acceptors (Lipinski definition) is 3. The van der Waals surface area contributed by atoms with Crippen LogP contribution in [0.15, 0.2) is 109 Å². The Morgan fingerprint density at radius 1 is 0.860 bits per heavy atom. The predicted molar refractivity (Wildman–Crippen MR) is 160 cm³/mol. The van der Waals surface area contributed by atoms with Crippen molar-refractivity contribution >= 4 is 33.5 Å². The lowest BCUT2D eigenvalue weighted by Crippen LogP contribution is -2.55. The molecule has 2 unspecified atom stereocenters. The number of rotatable bonds is 6. The van der Waals surface area contributed by atoms with Gasteiger partial charge in [-0.2, -0.15) is 13.2 Å². The van der Waals surface area contributed by atoms with Gasteiger partial charge in [0, 0.05) is 42.3 Å². The molecule has 43 heavy (non-hydrogen) atoms. The van der Waals surface area contributed by atoms with Gasteiger partial charge >= 0.3 is 12.1 Å². The monoisotopic (exact) mass is 581 g/mol. The van der Waals surface area contributed by atoms with E-state index in [9.17, 15) is 22.8 Å². The van der Waals surface area contributed by atoms with Gasteiger partial charge in [-0.1, -0.05) is 78.9 Å². The molecule has 2 heterocycles. The van der Waals surface area contributed by atoms with Crippen LogP contribution in [0, 0.1) is 0 Å². The molecule has 6 rings (SSSR count). The summed E-state index contributed by atoms with van der Waals surface area (Å²) in [6, 6.07) is 30.7. The second-order valence-corrected chi connectivity index (χ2v) is 11.0. The van der Waals surface area contributed by atoms with Gasteiger partial charge in [-0.05, 0) is 65.4 Å². The van der Waals surface area contributed by atoms with Crippen LogP contribution in [0.2, 0.25) is 0 Å². The number of benzene rings is 4. The highest BCUT2D eigenvalue weighted by atomic mass is 19.4. The molecule has 1 aromatic heterocycles. The first-order valence-corrected chi connectivity index (χ1v) is 14.3. The fourth-order valence-corrected chi connectivity index (χ4v) is 6.15. The number of carbonyl (C=O) groups excluding carboxylic acids is 2. The van der Waals surface area contributed by atoms with Crippen LogP contribution in [0.25, 0.3) is 21.7 Å². The number of carbonyl (C=O) groups is 2. The minimum Gasteiger partial charge on any atom is -0.335 e. The van der Waals surface area contributed by atoms with E-state index in [2.05, 4.69) is 4.98 Å². The minimum atomic E-state index is -5.03. The van der Waals surface area contributed by atoms with Crippen LogP contribution in [0.5, 0.6) is 0 Å². The highest BCUT2D eigenvalue weighted by Crippen LogP contribution is 2.32. The summed E-state index contributed by atoms with van der Waals surface area (Å²) in [5.41, 5.74) is 2.75. The topological polar surface area (TPSA) is 53.5 Å². The molecule has 0 aliphatic carbocycles. The molecule has 0 N–H and O–H groups in total. The molecular formula is C35H30F3N3O2. The zero-order chi connectivity index (χ0) is 30.0. The number of aromatic nitrogens is 1. The first-order chi connectivity index (χ1) is 20.8.